The van der Waals surface area contributed by atoms with Gasteiger partial charge in [-0.15, -0.1) is 0 Å². The van der Waals surface area contributed by atoms with Gasteiger partial charge in [0, 0.05) is 30.9 Å². The zero-order valence-electron chi connectivity index (χ0n) is 17.8. The number of aromatic nitrogens is 1. The van der Waals surface area contributed by atoms with Gasteiger partial charge in [-0.3, -0.25) is 14.4 Å². The Morgan fingerprint density at radius 3 is 2.74 bits per heavy atom. The van der Waals surface area contributed by atoms with Gasteiger partial charge in [0.15, 0.2) is 0 Å². The molecule has 2 aromatic rings. The number of benzene rings is 1. The van der Waals surface area contributed by atoms with Crippen molar-refractivity contribution >= 4 is 29.2 Å². The molecule has 1 aromatic heterocycles. The Bertz CT molecular complexity index is 1010. The van der Waals surface area contributed by atoms with Crippen molar-refractivity contribution in [1.82, 2.24) is 15.2 Å². The summed E-state index contributed by atoms with van der Waals surface area (Å²) in [4.78, 5) is 43.3. The van der Waals surface area contributed by atoms with Gasteiger partial charge in [0.25, 0.3) is 0 Å². The van der Waals surface area contributed by atoms with Crippen LogP contribution in [0.25, 0.3) is 0 Å². The number of anilines is 2. The number of piperazine rings is 1. The van der Waals surface area contributed by atoms with Crippen LogP contribution < -0.4 is 16.0 Å². The number of hydrogen-bond acceptors (Lipinski definition) is 5. The summed E-state index contributed by atoms with van der Waals surface area (Å²) < 4.78 is 0. The van der Waals surface area contributed by atoms with E-state index in [-0.39, 0.29) is 30.2 Å². The van der Waals surface area contributed by atoms with Crippen LogP contribution in [0.15, 0.2) is 42.6 Å². The van der Waals surface area contributed by atoms with Crippen molar-refractivity contribution in [1.29, 1.82) is 0 Å². The molecule has 2 aliphatic rings. The van der Waals surface area contributed by atoms with E-state index in [1.165, 1.54) is 0 Å². The molecular weight excluding hydrogens is 394 g/mol. The van der Waals surface area contributed by atoms with Crippen molar-refractivity contribution in [3.8, 4) is 0 Å². The lowest BCUT2D eigenvalue weighted by molar-refractivity contribution is -0.142. The molecule has 1 aromatic carbocycles. The van der Waals surface area contributed by atoms with Gasteiger partial charge < -0.3 is 20.9 Å². The molecule has 162 valence electrons. The molecule has 1 aliphatic heterocycles. The smallest absolute Gasteiger partial charge is 0.243 e. The molecule has 31 heavy (non-hydrogen) atoms. The summed E-state index contributed by atoms with van der Waals surface area (Å²) in [5.41, 5.74) is 2.18. The van der Waals surface area contributed by atoms with E-state index < -0.39 is 5.54 Å². The fourth-order valence-electron chi connectivity index (χ4n) is 4.15. The van der Waals surface area contributed by atoms with Crippen LogP contribution >= 0.6 is 0 Å². The fraction of sp³-hybridized carbons (Fsp3) is 0.391. The van der Waals surface area contributed by atoms with E-state index in [9.17, 15) is 14.4 Å². The second kappa shape index (κ2) is 8.47. The third-order valence-corrected chi connectivity index (χ3v) is 5.81. The van der Waals surface area contributed by atoms with Crippen LogP contribution in [-0.2, 0) is 27.2 Å². The van der Waals surface area contributed by atoms with Crippen molar-refractivity contribution in [2.75, 3.05) is 30.3 Å². The first-order valence-corrected chi connectivity index (χ1v) is 10.5. The summed E-state index contributed by atoms with van der Waals surface area (Å²) in [5, 5.41) is 8.90. The first kappa shape index (κ1) is 21.0. The maximum absolute atomic E-state index is 12.6. The van der Waals surface area contributed by atoms with Gasteiger partial charge in [-0.05, 0) is 62.1 Å². The number of hydrogen-bond donors (Lipinski definition) is 3. The van der Waals surface area contributed by atoms with E-state index in [1.54, 1.807) is 23.2 Å². The molecule has 8 nitrogen and oxygen atoms in total. The summed E-state index contributed by atoms with van der Waals surface area (Å²) in [6, 6.07) is 11.1. The Balaban J connectivity index is 1.35. The maximum atomic E-state index is 12.6. The minimum atomic E-state index is -0.656. The largest absolute Gasteiger partial charge is 0.331 e. The van der Waals surface area contributed by atoms with Crippen LogP contribution in [0.4, 0.5) is 11.5 Å². The molecule has 0 saturated carbocycles. The molecule has 2 heterocycles. The normalized spacial score (nSPS) is 19.6. The molecule has 8 heteroatoms. The summed E-state index contributed by atoms with van der Waals surface area (Å²) >= 11 is 0. The summed E-state index contributed by atoms with van der Waals surface area (Å²) in [7, 11) is 0. The average Bonchev–Trinajstić information content (AvgIpc) is 3.16. The highest BCUT2D eigenvalue weighted by molar-refractivity contribution is 5.96. The van der Waals surface area contributed by atoms with E-state index in [0.29, 0.717) is 37.4 Å². The SMILES string of the molecule is CC1(C)NCCN(CC(=O)Nc2ccc3c(c2)CC(C(=O)Nc2ccccn2)C3)C1=O. The van der Waals surface area contributed by atoms with Gasteiger partial charge in [-0.2, -0.15) is 0 Å². The van der Waals surface area contributed by atoms with Crippen molar-refractivity contribution in [3.05, 3.63) is 53.7 Å². The number of amides is 3. The number of carbonyl (C=O) groups is 3. The van der Waals surface area contributed by atoms with Gasteiger partial charge in [-0.1, -0.05) is 12.1 Å². The Labute approximate surface area is 181 Å². The van der Waals surface area contributed by atoms with Crippen LogP contribution in [0.1, 0.15) is 25.0 Å². The standard InChI is InChI=1S/C23H27N5O3/c1-23(2)22(31)28(10-9-25-23)14-20(29)26-18-7-6-15-11-17(12-16(15)13-18)21(30)27-19-5-3-4-8-24-19/h3-8,13,17,25H,9-12,14H2,1-2H3,(H,26,29)(H,24,27,30). The van der Waals surface area contributed by atoms with E-state index in [2.05, 4.69) is 20.9 Å². The molecule has 0 bridgehead atoms. The summed E-state index contributed by atoms with van der Waals surface area (Å²) in [6.07, 6.45) is 2.91. The van der Waals surface area contributed by atoms with Gasteiger partial charge >= 0.3 is 0 Å². The third-order valence-electron chi connectivity index (χ3n) is 5.81. The third kappa shape index (κ3) is 4.74. The molecule has 3 amide bonds. The van der Waals surface area contributed by atoms with Gasteiger partial charge in [0.2, 0.25) is 17.7 Å². The van der Waals surface area contributed by atoms with Crippen molar-refractivity contribution < 1.29 is 14.4 Å². The minimum absolute atomic E-state index is 0.0239. The van der Waals surface area contributed by atoms with Gasteiger partial charge in [-0.25, -0.2) is 4.98 Å². The van der Waals surface area contributed by atoms with Crippen molar-refractivity contribution in [3.63, 3.8) is 0 Å². The van der Waals surface area contributed by atoms with Gasteiger partial charge in [0.05, 0.1) is 12.1 Å². The quantitative estimate of drug-likeness (QED) is 0.680. The highest BCUT2D eigenvalue weighted by Gasteiger charge is 2.36. The maximum Gasteiger partial charge on any atom is 0.243 e. The Morgan fingerprint density at radius 1 is 1.16 bits per heavy atom. The predicted molar refractivity (Wildman–Crippen MR) is 117 cm³/mol. The van der Waals surface area contributed by atoms with Crippen LogP contribution in [0.2, 0.25) is 0 Å². The number of carbonyl (C=O) groups excluding carboxylic acids is 3. The molecule has 1 fully saturated rings. The minimum Gasteiger partial charge on any atom is -0.331 e. The van der Waals surface area contributed by atoms with Crippen molar-refractivity contribution in [2.24, 2.45) is 5.92 Å². The van der Waals surface area contributed by atoms with Crippen LogP contribution in [0.5, 0.6) is 0 Å². The Hall–Kier alpha value is -3.26. The number of fused-ring (bicyclic) bond motifs is 1. The topological polar surface area (TPSA) is 103 Å². The summed E-state index contributed by atoms with van der Waals surface area (Å²) in [6.45, 7) is 4.83. The lowest BCUT2D eigenvalue weighted by atomic mass is 10.0. The monoisotopic (exact) mass is 421 g/mol. The molecule has 0 spiro atoms. The van der Waals surface area contributed by atoms with E-state index in [1.807, 2.05) is 38.1 Å². The molecule has 4 rings (SSSR count). The predicted octanol–water partition coefficient (Wildman–Crippen LogP) is 1.58. The zero-order chi connectivity index (χ0) is 22.0. The van der Waals surface area contributed by atoms with Crippen LogP contribution in [-0.4, -0.2) is 52.8 Å². The molecule has 1 aliphatic carbocycles. The molecule has 3 N–H and O–H groups in total. The Kier molecular flexibility index (Phi) is 5.73. The van der Waals surface area contributed by atoms with Gasteiger partial charge in [0.1, 0.15) is 5.82 Å². The molecule has 0 radical (unpaired) electrons. The van der Waals surface area contributed by atoms with Crippen LogP contribution in [0, 0.1) is 5.92 Å². The fourth-order valence-corrected chi connectivity index (χ4v) is 4.15. The van der Waals surface area contributed by atoms with Crippen LogP contribution in [0.3, 0.4) is 0 Å². The number of nitrogens with one attached hydrogen (secondary N) is 3. The highest BCUT2D eigenvalue weighted by atomic mass is 16.2. The summed E-state index contributed by atoms with van der Waals surface area (Å²) in [5.74, 6) is 0.0177. The van der Waals surface area contributed by atoms with Crippen molar-refractivity contribution in [2.45, 2.75) is 32.2 Å². The second-order valence-corrected chi connectivity index (χ2v) is 8.62. The first-order chi connectivity index (χ1) is 14.8. The number of rotatable bonds is 5. The lowest BCUT2D eigenvalue weighted by Gasteiger charge is -2.37. The molecular formula is C23H27N5O3. The first-order valence-electron chi connectivity index (χ1n) is 10.5. The highest BCUT2D eigenvalue weighted by Crippen LogP contribution is 2.30. The van der Waals surface area contributed by atoms with E-state index in [0.717, 1.165) is 11.1 Å². The molecule has 1 atom stereocenters. The molecule has 1 saturated heterocycles. The zero-order valence-corrected chi connectivity index (χ0v) is 17.8. The second-order valence-electron chi connectivity index (χ2n) is 8.62. The van der Waals surface area contributed by atoms with E-state index >= 15 is 0 Å². The number of nitrogens with zero attached hydrogens (tertiary/aromatic N) is 2. The Morgan fingerprint density at radius 2 is 1.97 bits per heavy atom. The van der Waals surface area contributed by atoms with E-state index in [4.69, 9.17) is 0 Å². The average molecular weight is 422 g/mol. The molecule has 1 unspecified atom stereocenters. The number of pyridine rings is 1. The lowest BCUT2D eigenvalue weighted by Crippen LogP contribution is -2.62.